The Hall–Kier alpha value is -3.05. The summed E-state index contributed by atoms with van der Waals surface area (Å²) >= 11 is 0. The lowest BCUT2D eigenvalue weighted by atomic mass is 9.82. The summed E-state index contributed by atoms with van der Waals surface area (Å²) in [5.74, 6) is -1.24. The summed E-state index contributed by atoms with van der Waals surface area (Å²) in [5, 5.41) is 2.33. The van der Waals surface area contributed by atoms with Crippen LogP contribution in [-0.2, 0) is 25.6 Å². The van der Waals surface area contributed by atoms with E-state index in [2.05, 4.69) is 10.2 Å². The highest BCUT2D eigenvalue weighted by Gasteiger charge is 2.42. The van der Waals surface area contributed by atoms with Crippen molar-refractivity contribution in [2.24, 2.45) is 0 Å². The van der Waals surface area contributed by atoms with Gasteiger partial charge in [-0.25, -0.2) is 9.18 Å². The van der Waals surface area contributed by atoms with Crippen molar-refractivity contribution in [3.8, 4) is 0 Å². The molecule has 3 saturated heterocycles. The SMILES string of the molecule is CC(C)(C)OC(=O)N1CCC(OC2CC(N3CC[C@@H](c4ccc5c(c4)C(=O)N(C4CCC(=O)NC4=O)C5)[C@@H](F)C3)C2)CC1. The van der Waals surface area contributed by atoms with Crippen LogP contribution in [0.15, 0.2) is 18.2 Å². The van der Waals surface area contributed by atoms with Gasteiger partial charge >= 0.3 is 6.09 Å². The Kier molecular flexibility index (Phi) is 8.23. The van der Waals surface area contributed by atoms with E-state index in [-0.39, 0.29) is 42.5 Å². The number of hydrogen-bond acceptors (Lipinski definition) is 7. The first kappa shape index (κ1) is 30.0. The lowest BCUT2D eigenvalue weighted by Crippen LogP contribution is -2.54. The summed E-state index contributed by atoms with van der Waals surface area (Å²) in [7, 11) is 0. The van der Waals surface area contributed by atoms with Crippen LogP contribution >= 0.6 is 0 Å². The Morgan fingerprint density at radius 1 is 1.00 bits per heavy atom. The summed E-state index contributed by atoms with van der Waals surface area (Å²) in [6.45, 7) is 8.37. The van der Waals surface area contributed by atoms with Gasteiger partial charge in [-0.05, 0) is 83.0 Å². The molecule has 4 fully saturated rings. The van der Waals surface area contributed by atoms with E-state index in [0.717, 1.165) is 43.4 Å². The van der Waals surface area contributed by atoms with Gasteiger partial charge in [0.15, 0.2) is 0 Å². The quantitative estimate of drug-likeness (QED) is 0.517. The Morgan fingerprint density at radius 2 is 1.74 bits per heavy atom. The Morgan fingerprint density at radius 3 is 2.42 bits per heavy atom. The lowest BCUT2D eigenvalue weighted by molar-refractivity contribution is -0.136. The first-order valence-corrected chi connectivity index (χ1v) is 15.7. The van der Waals surface area contributed by atoms with Crippen LogP contribution in [0.5, 0.6) is 0 Å². The molecule has 1 aliphatic carbocycles. The molecule has 1 unspecified atom stereocenters. The molecule has 6 rings (SSSR count). The fourth-order valence-corrected chi connectivity index (χ4v) is 7.16. The predicted octanol–water partition coefficient (Wildman–Crippen LogP) is 3.52. The van der Waals surface area contributed by atoms with Gasteiger partial charge in [-0.15, -0.1) is 0 Å². The van der Waals surface area contributed by atoms with Crippen LogP contribution in [0.1, 0.15) is 93.1 Å². The van der Waals surface area contributed by atoms with E-state index in [0.29, 0.717) is 50.6 Å². The number of nitrogens with one attached hydrogen (secondary N) is 1. The van der Waals surface area contributed by atoms with E-state index in [1.165, 1.54) is 4.90 Å². The van der Waals surface area contributed by atoms with Crippen LogP contribution in [0, 0.1) is 0 Å². The van der Waals surface area contributed by atoms with Crippen molar-refractivity contribution in [2.75, 3.05) is 26.2 Å². The number of carbonyl (C=O) groups is 4. The number of hydrogen-bond donors (Lipinski definition) is 1. The molecule has 4 heterocycles. The highest BCUT2D eigenvalue weighted by molar-refractivity contribution is 6.05. The van der Waals surface area contributed by atoms with Crippen molar-refractivity contribution in [1.82, 2.24) is 20.0 Å². The first-order valence-electron chi connectivity index (χ1n) is 15.7. The van der Waals surface area contributed by atoms with Crippen LogP contribution < -0.4 is 5.32 Å². The maximum Gasteiger partial charge on any atom is 0.410 e. The normalized spacial score (nSPS) is 30.6. The summed E-state index contributed by atoms with van der Waals surface area (Å²) in [4.78, 5) is 55.0. The Balaban J connectivity index is 0.959. The number of alkyl halides is 1. The molecule has 43 heavy (non-hydrogen) atoms. The number of amides is 4. The van der Waals surface area contributed by atoms with Gasteiger partial charge in [-0.1, -0.05) is 12.1 Å². The second kappa shape index (κ2) is 11.8. The number of piperidine rings is 3. The molecule has 4 aliphatic heterocycles. The molecule has 234 valence electrons. The molecule has 11 heteroatoms. The topological polar surface area (TPSA) is 108 Å². The highest BCUT2D eigenvalue weighted by atomic mass is 19.1. The smallest absolute Gasteiger partial charge is 0.410 e. The van der Waals surface area contributed by atoms with Crippen LogP contribution in [0.25, 0.3) is 0 Å². The van der Waals surface area contributed by atoms with Gasteiger partial charge in [0.1, 0.15) is 17.8 Å². The number of ether oxygens (including phenoxy) is 2. The zero-order valence-corrected chi connectivity index (χ0v) is 25.4. The molecule has 1 aromatic rings. The van der Waals surface area contributed by atoms with Crippen molar-refractivity contribution in [3.63, 3.8) is 0 Å². The molecule has 0 spiro atoms. The highest BCUT2D eigenvalue weighted by Crippen LogP contribution is 2.38. The van der Waals surface area contributed by atoms with E-state index < -0.39 is 23.7 Å². The van der Waals surface area contributed by atoms with Crippen molar-refractivity contribution < 1.29 is 33.0 Å². The van der Waals surface area contributed by atoms with Crippen molar-refractivity contribution in [1.29, 1.82) is 0 Å². The average molecular weight is 599 g/mol. The average Bonchev–Trinajstić information content (AvgIpc) is 3.25. The van der Waals surface area contributed by atoms with Gasteiger partial charge in [-0.3, -0.25) is 24.6 Å². The second-order valence-corrected chi connectivity index (χ2v) is 13.8. The van der Waals surface area contributed by atoms with Gasteiger partial charge < -0.3 is 19.3 Å². The van der Waals surface area contributed by atoms with Gasteiger partial charge in [0, 0.05) is 50.1 Å². The molecule has 0 aromatic heterocycles. The van der Waals surface area contributed by atoms with Gasteiger partial charge in [0.05, 0.1) is 12.2 Å². The number of benzene rings is 1. The molecular weight excluding hydrogens is 555 g/mol. The van der Waals surface area contributed by atoms with Gasteiger partial charge in [-0.2, -0.15) is 0 Å². The number of imide groups is 1. The number of likely N-dealkylation sites (tertiary alicyclic amines) is 2. The maximum atomic E-state index is 15.6. The van der Waals surface area contributed by atoms with Crippen LogP contribution in [-0.4, -0.2) is 101 Å². The third-order valence-corrected chi connectivity index (χ3v) is 9.62. The number of carbonyl (C=O) groups excluding carboxylic acids is 4. The van der Waals surface area contributed by atoms with Crippen LogP contribution in [0.2, 0.25) is 0 Å². The first-order chi connectivity index (χ1) is 20.4. The molecule has 1 saturated carbocycles. The second-order valence-electron chi connectivity index (χ2n) is 13.8. The van der Waals surface area contributed by atoms with E-state index >= 15 is 4.39 Å². The van der Waals surface area contributed by atoms with E-state index in [4.69, 9.17) is 9.47 Å². The van der Waals surface area contributed by atoms with E-state index in [9.17, 15) is 19.2 Å². The fourth-order valence-electron chi connectivity index (χ4n) is 7.16. The monoisotopic (exact) mass is 598 g/mol. The summed E-state index contributed by atoms with van der Waals surface area (Å²) in [5.41, 5.74) is 1.70. The van der Waals surface area contributed by atoms with Crippen LogP contribution in [0.3, 0.4) is 0 Å². The van der Waals surface area contributed by atoms with Crippen molar-refractivity contribution >= 4 is 23.8 Å². The third-order valence-electron chi connectivity index (χ3n) is 9.62. The molecule has 0 bridgehead atoms. The maximum absolute atomic E-state index is 15.6. The summed E-state index contributed by atoms with van der Waals surface area (Å²) < 4.78 is 27.4. The molecular formula is C32H43FN4O6. The number of fused-ring (bicyclic) bond motifs is 1. The fraction of sp³-hybridized carbons (Fsp3) is 0.688. The minimum Gasteiger partial charge on any atom is -0.444 e. The molecule has 10 nitrogen and oxygen atoms in total. The largest absolute Gasteiger partial charge is 0.444 e. The predicted molar refractivity (Wildman–Crippen MR) is 155 cm³/mol. The Bertz CT molecular complexity index is 1270. The molecule has 1 aromatic carbocycles. The Labute approximate surface area is 252 Å². The van der Waals surface area contributed by atoms with Crippen LogP contribution in [0.4, 0.5) is 9.18 Å². The van der Waals surface area contributed by atoms with Gasteiger partial charge in [0.2, 0.25) is 11.8 Å². The summed E-state index contributed by atoms with van der Waals surface area (Å²) in [6.07, 6.45) is 3.62. The molecule has 4 amide bonds. The minimum absolute atomic E-state index is 0.137. The van der Waals surface area contributed by atoms with E-state index in [1.807, 2.05) is 39.0 Å². The zero-order chi connectivity index (χ0) is 30.5. The zero-order valence-electron chi connectivity index (χ0n) is 25.4. The number of rotatable bonds is 5. The van der Waals surface area contributed by atoms with Gasteiger partial charge in [0.25, 0.3) is 5.91 Å². The van der Waals surface area contributed by atoms with Crippen molar-refractivity contribution in [3.05, 3.63) is 34.9 Å². The lowest BCUT2D eigenvalue weighted by Gasteiger charge is -2.47. The number of nitrogens with zero attached hydrogens (tertiary/aromatic N) is 3. The summed E-state index contributed by atoms with van der Waals surface area (Å²) in [6, 6.07) is 5.29. The van der Waals surface area contributed by atoms with Crippen molar-refractivity contribution in [2.45, 2.75) is 114 Å². The molecule has 5 aliphatic rings. The third kappa shape index (κ3) is 6.43. The molecule has 3 atom stereocenters. The minimum atomic E-state index is -1.04. The molecule has 1 N–H and O–H groups in total. The standard InChI is InChI=1S/C32H43FN4O6/c1-32(2,3)43-31(41)35-11-8-22(9-12-35)42-23-15-21(16-23)36-13-10-24(26(33)18-36)19-4-5-20-17-37(30(40)25(20)14-19)27-6-7-28(38)34-29(27)39/h4-5,14,21-24,26-27H,6-13,15-18H2,1-3H3,(H,34,38,39)/t21?,23?,24-,26-,27?/m0/s1. The van der Waals surface area contributed by atoms with E-state index in [1.54, 1.807) is 4.90 Å². The number of halogens is 1. The molecule has 0 radical (unpaired) electrons.